The van der Waals surface area contributed by atoms with E-state index in [2.05, 4.69) is 5.32 Å². The standard InChI is InChI=1S/C13H18N2O3S/c1-8-3-4-11(14)9(2)12(8)15-13(16)10-5-6-19(17,18)7-10/h3-4,10H,5-7,14H2,1-2H3,(H,15,16). The summed E-state index contributed by atoms with van der Waals surface area (Å²) in [7, 11) is -3.05. The van der Waals surface area contributed by atoms with Crippen LogP contribution in [-0.4, -0.2) is 25.8 Å². The second-order valence-corrected chi connectivity index (χ2v) is 7.29. The molecule has 1 aliphatic rings. The van der Waals surface area contributed by atoms with Gasteiger partial charge in [0, 0.05) is 11.4 Å². The van der Waals surface area contributed by atoms with Gasteiger partial charge >= 0.3 is 0 Å². The highest BCUT2D eigenvalue weighted by Crippen LogP contribution is 2.27. The van der Waals surface area contributed by atoms with Crippen LogP contribution in [-0.2, 0) is 14.6 Å². The summed E-state index contributed by atoms with van der Waals surface area (Å²) in [5.74, 6) is -0.651. The molecule has 1 fully saturated rings. The number of benzene rings is 1. The third-order valence-electron chi connectivity index (χ3n) is 3.57. The van der Waals surface area contributed by atoms with E-state index in [0.29, 0.717) is 17.8 Å². The van der Waals surface area contributed by atoms with Crippen LogP contribution in [0.3, 0.4) is 0 Å². The van der Waals surface area contributed by atoms with E-state index in [1.807, 2.05) is 19.9 Å². The van der Waals surface area contributed by atoms with Crippen molar-refractivity contribution in [3.8, 4) is 0 Å². The normalized spacial score (nSPS) is 21.3. The minimum Gasteiger partial charge on any atom is -0.398 e. The van der Waals surface area contributed by atoms with Gasteiger partial charge in [0.05, 0.1) is 17.4 Å². The van der Waals surface area contributed by atoms with Gasteiger partial charge in [-0.15, -0.1) is 0 Å². The van der Waals surface area contributed by atoms with Gasteiger partial charge in [0.25, 0.3) is 0 Å². The molecule has 1 unspecified atom stereocenters. The average molecular weight is 282 g/mol. The Bertz CT molecular complexity index is 623. The van der Waals surface area contributed by atoms with E-state index in [1.54, 1.807) is 6.07 Å². The number of carbonyl (C=O) groups excluding carboxylic acids is 1. The van der Waals surface area contributed by atoms with Gasteiger partial charge in [-0.2, -0.15) is 0 Å². The molecule has 1 aromatic rings. The summed E-state index contributed by atoms with van der Waals surface area (Å²) in [4.78, 5) is 12.1. The lowest BCUT2D eigenvalue weighted by Gasteiger charge is -2.15. The van der Waals surface area contributed by atoms with E-state index in [0.717, 1.165) is 11.1 Å². The Morgan fingerprint density at radius 1 is 1.37 bits per heavy atom. The number of anilines is 2. The summed E-state index contributed by atoms with van der Waals surface area (Å²) in [5, 5.41) is 2.82. The highest BCUT2D eigenvalue weighted by molar-refractivity contribution is 7.91. The van der Waals surface area contributed by atoms with Gasteiger partial charge in [-0.3, -0.25) is 4.79 Å². The predicted octanol–water partition coefficient (Wildman–Crippen LogP) is 1.26. The summed E-state index contributed by atoms with van der Waals surface area (Å²) in [5.41, 5.74) is 8.85. The number of aryl methyl sites for hydroxylation is 1. The van der Waals surface area contributed by atoms with Crippen molar-refractivity contribution in [2.75, 3.05) is 22.6 Å². The SMILES string of the molecule is Cc1ccc(N)c(C)c1NC(=O)C1CCS(=O)(=O)C1. The van der Waals surface area contributed by atoms with E-state index in [-0.39, 0.29) is 17.4 Å². The molecule has 0 saturated carbocycles. The molecule has 0 aliphatic carbocycles. The van der Waals surface area contributed by atoms with E-state index in [9.17, 15) is 13.2 Å². The fourth-order valence-corrected chi connectivity index (χ4v) is 4.02. The first-order valence-corrected chi connectivity index (χ1v) is 7.99. The maximum atomic E-state index is 12.1. The molecule has 0 radical (unpaired) electrons. The molecule has 5 nitrogen and oxygen atoms in total. The smallest absolute Gasteiger partial charge is 0.228 e. The molecule has 1 atom stereocenters. The lowest BCUT2D eigenvalue weighted by molar-refractivity contribution is -0.119. The van der Waals surface area contributed by atoms with Crippen molar-refractivity contribution >= 4 is 27.1 Å². The Morgan fingerprint density at radius 2 is 2.05 bits per heavy atom. The number of nitrogen functional groups attached to an aromatic ring is 1. The number of hydrogen-bond acceptors (Lipinski definition) is 4. The van der Waals surface area contributed by atoms with Crippen LogP contribution in [0.4, 0.5) is 11.4 Å². The van der Waals surface area contributed by atoms with Gasteiger partial charge in [-0.1, -0.05) is 6.07 Å². The van der Waals surface area contributed by atoms with Gasteiger partial charge in [0.15, 0.2) is 9.84 Å². The van der Waals surface area contributed by atoms with Crippen molar-refractivity contribution in [2.24, 2.45) is 5.92 Å². The molecule has 1 amide bonds. The van der Waals surface area contributed by atoms with Crippen molar-refractivity contribution in [3.05, 3.63) is 23.3 Å². The third kappa shape index (κ3) is 2.89. The van der Waals surface area contributed by atoms with E-state index < -0.39 is 15.8 Å². The summed E-state index contributed by atoms with van der Waals surface area (Å²) in [6.45, 7) is 3.72. The summed E-state index contributed by atoms with van der Waals surface area (Å²) in [6.07, 6.45) is 0.397. The quantitative estimate of drug-likeness (QED) is 0.799. The fourth-order valence-electron chi connectivity index (χ4n) is 2.28. The highest BCUT2D eigenvalue weighted by Gasteiger charge is 2.33. The lowest BCUT2D eigenvalue weighted by Crippen LogP contribution is -2.24. The van der Waals surface area contributed by atoms with E-state index >= 15 is 0 Å². The van der Waals surface area contributed by atoms with Crippen LogP contribution in [0.2, 0.25) is 0 Å². The molecule has 19 heavy (non-hydrogen) atoms. The first-order valence-electron chi connectivity index (χ1n) is 6.17. The summed E-state index contributed by atoms with van der Waals surface area (Å²) >= 11 is 0. The van der Waals surface area contributed by atoms with Crippen LogP contribution in [0, 0.1) is 19.8 Å². The Labute approximate surface area is 113 Å². The van der Waals surface area contributed by atoms with Crippen LogP contribution in [0.5, 0.6) is 0 Å². The largest absolute Gasteiger partial charge is 0.398 e. The maximum Gasteiger partial charge on any atom is 0.228 e. The molecule has 2 rings (SSSR count). The molecule has 1 aromatic carbocycles. The number of sulfone groups is 1. The topological polar surface area (TPSA) is 89.3 Å². The van der Waals surface area contributed by atoms with Gasteiger partial charge in [0.1, 0.15) is 0 Å². The minimum atomic E-state index is -3.05. The van der Waals surface area contributed by atoms with Crippen molar-refractivity contribution in [1.29, 1.82) is 0 Å². The molecular formula is C13H18N2O3S. The molecule has 1 aliphatic heterocycles. The number of nitrogens with two attached hydrogens (primary N) is 1. The van der Waals surface area contributed by atoms with Crippen LogP contribution in [0.15, 0.2) is 12.1 Å². The van der Waals surface area contributed by atoms with Crippen molar-refractivity contribution < 1.29 is 13.2 Å². The Morgan fingerprint density at radius 3 is 2.63 bits per heavy atom. The van der Waals surface area contributed by atoms with Gasteiger partial charge in [-0.25, -0.2) is 8.42 Å². The fraction of sp³-hybridized carbons (Fsp3) is 0.462. The molecule has 0 spiro atoms. The van der Waals surface area contributed by atoms with Crippen molar-refractivity contribution in [3.63, 3.8) is 0 Å². The van der Waals surface area contributed by atoms with Crippen LogP contribution >= 0.6 is 0 Å². The number of amides is 1. The van der Waals surface area contributed by atoms with Crippen molar-refractivity contribution in [1.82, 2.24) is 0 Å². The monoisotopic (exact) mass is 282 g/mol. The van der Waals surface area contributed by atoms with Crippen LogP contribution < -0.4 is 11.1 Å². The van der Waals surface area contributed by atoms with Gasteiger partial charge in [0.2, 0.25) is 5.91 Å². The van der Waals surface area contributed by atoms with E-state index in [1.165, 1.54) is 0 Å². The Kier molecular flexibility index (Phi) is 3.54. The number of hydrogen-bond donors (Lipinski definition) is 2. The molecule has 0 bridgehead atoms. The zero-order valence-corrected chi connectivity index (χ0v) is 11.9. The minimum absolute atomic E-state index is 0.0563. The highest BCUT2D eigenvalue weighted by atomic mass is 32.2. The zero-order chi connectivity index (χ0) is 14.2. The molecule has 0 aromatic heterocycles. The second-order valence-electron chi connectivity index (χ2n) is 5.06. The zero-order valence-electron chi connectivity index (χ0n) is 11.1. The maximum absolute atomic E-state index is 12.1. The van der Waals surface area contributed by atoms with Crippen LogP contribution in [0.25, 0.3) is 0 Å². The molecular weight excluding hydrogens is 264 g/mol. The van der Waals surface area contributed by atoms with Gasteiger partial charge in [-0.05, 0) is 37.5 Å². The first kappa shape index (κ1) is 13.9. The summed E-state index contributed by atoms with van der Waals surface area (Å²) < 4.78 is 22.8. The van der Waals surface area contributed by atoms with Crippen molar-refractivity contribution in [2.45, 2.75) is 20.3 Å². The van der Waals surface area contributed by atoms with Gasteiger partial charge < -0.3 is 11.1 Å². The Balaban J connectivity index is 2.19. The molecule has 104 valence electrons. The predicted molar refractivity (Wildman–Crippen MR) is 75.7 cm³/mol. The molecule has 1 heterocycles. The Hall–Kier alpha value is -1.56. The molecule has 3 N–H and O–H groups in total. The number of rotatable bonds is 2. The second kappa shape index (κ2) is 4.85. The summed E-state index contributed by atoms with van der Waals surface area (Å²) in [6, 6.07) is 3.63. The molecule has 1 saturated heterocycles. The van der Waals surface area contributed by atoms with E-state index in [4.69, 9.17) is 5.73 Å². The number of nitrogens with one attached hydrogen (secondary N) is 1. The average Bonchev–Trinajstić information content (AvgIpc) is 2.70. The first-order chi connectivity index (χ1) is 8.80. The van der Waals surface area contributed by atoms with Crippen LogP contribution in [0.1, 0.15) is 17.5 Å². The number of carbonyl (C=O) groups is 1. The lowest BCUT2D eigenvalue weighted by atomic mass is 10.0. The third-order valence-corrected chi connectivity index (χ3v) is 5.33. The molecule has 6 heteroatoms.